The van der Waals surface area contributed by atoms with E-state index in [1.54, 1.807) is 36.4 Å². The molecule has 0 atom stereocenters. The Kier molecular flexibility index (Phi) is 5.98. The molecule has 3 aliphatic rings. The molecule has 5 rings (SSSR count). The molecule has 0 spiro atoms. The normalized spacial score (nSPS) is 21.2. The molecule has 2 aromatic rings. The summed E-state index contributed by atoms with van der Waals surface area (Å²) in [5.74, 6) is -1.74. The van der Waals surface area contributed by atoms with Crippen LogP contribution in [-0.2, 0) is 9.59 Å². The second-order valence-corrected chi connectivity index (χ2v) is 12.8. The SMILES string of the molecule is CC1(C)CC(=O)C2=C(C1)N(c1ccc(C(=O)O)cc1)C1=C(C(=O)CC(C)(C)C1)C2c1c(O)cccc1Br. The van der Waals surface area contributed by atoms with Crippen LogP contribution in [0.5, 0.6) is 5.75 Å². The van der Waals surface area contributed by atoms with Gasteiger partial charge in [0.2, 0.25) is 0 Å². The Labute approximate surface area is 224 Å². The quantitative estimate of drug-likeness (QED) is 0.429. The molecule has 1 heterocycles. The number of carboxylic acids is 1. The van der Waals surface area contributed by atoms with Crippen molar-refractivity contribution in [2.45, 2.75) is 59.3 Å². The standard InChI is InChI=1S/C30H30BrNO5/c1-29(2)12-19-25(22(34)14-29)27(24-18(31)6-5-7-21(24)33)26-20(13-30(3,4)15-23(26)35)32(19)17-10-8-16(9-11-17)28(36)37/h5-11,27,33H,12-15H2,1-4H3,(H,36,37). The van der Waals surface area contributed by atoms with Crippen LogP contribution in [0.25, 0.3) is 0 Å². The zero-order valence-electron chi connectivity index (χ0n) is 21.4. The summed E-state index contributed by atoms with van der Waals surface area (Å²) in [6.07, 6.45) is 1.87. The summed E-state index contributed by atoms with van der Waals surface area (Å²) in [6.45, 7) is 8.24. The lowest BCUT2D eigenvalue weighted by Crippen LogP contribution is -2.44. The Morgan fingerprint density at radius 2 is 1.38 bits per heavy atom. The topological polar surface area (TPSA) is 94.9 Å². The summed E-state index contributed by atoms with van der Waals surface area (Å²) in [7, 11) is 0. The molecule has 1 aliphatic heterocycles. The lowest BCUT2D eigenvalue weighted by Gasteiger charge is -2.49. The minimum absolute atomic E-state index is 0.0348. The molecule has 0 aromatic heterocycles. The lowest BCUT2D eigenvalue weighted by molar-refractivity contribution is -0.119. The number of anilines is 1. The summed E-state index contributed by atoms with van der Waals surface area (Å²) in [4.78, 5) is 41.3. The third-order valence-electron chi connectivity index (χ3n) is 7.60. The largest absolute Gasteiger partial charge is 0.508 e. The monoisotopic (exact) mass is 563 g/mol. The minimum Gasteiger partial charge on any atom is -0.508 e. The van der Waals surface area contributed by atoms with Crippen molar-refractivity contribution in [2.75, 3.05) is 4.90 Å². The number of nitrogens with zero attached hydrogens (tertiary/aromatic N) is 1. The Hall–Kier alpha value is -3.19. The van der Waals surface area contributed by atoms with Gasteiger partial charge in [-0.25, -0.2) is 4.79 Å². The molecule has 37 heavy (non-hydrogen) atoms. The Balaban J connectivity index is 1.85. The van der Waals surface area contributed by atoms with Gasteiger partial charge < -0.3 is 15.1 Å². The number of allylic oxidation sites excluding steroid dienone is 4. The average Bonchev–Trinajstić information content (AvgIpc) is 2.76. The molecule has 0 fully saturated rings. The highest BCUT2D eigenvalue weighted by Gasteiger charge is 2.50. The highest BCUT2D eigenvalue weighted by Crippen LogP contribution is 2.57. The van der Waals surface area contributed by atoms with Gasteiger partial charge in [-0.05, 0) is 60.1 Å². The van der Waals surface area contributed by atoms with Crippen molar-refractivity contribution < 1.29 is 24.6 Å². The maximum absolute atomic E-state index is 13.9. The molecule has 0 unspecified atom stereocenters. The first-order valence-corrected chi connectivity index (χ1v) is 13.2. The molecule has 0 saturated carbocycles. The van der Waals surface area contributed by atoms with Gasteiger partial charge >= 0.3 is 5.97 Å². The molecule has 192 valence electrons. The van der Waals surface area contributed by atoms with E-state index in [0.29, 0.717) is 46.9 Å². The number of rotatable bonds is 3. The first-order chi connectivity index (χ1) is 17.3. The summed E-state index contributed by atoms with van der Waals surface area (Å²) < 4.78 is 0.644. The second-order valence-electron chi connectivity index (χ2n) is 11.9. The number of hydrogen-bond acceptors (Lipinski definition) is 5. The van der Waals surface area contributed by atoms with Crippen LogP contribution in [0.4, 0.5) is 5.69 Å². The summed E-state index contributed by atoms with van der Waals surface area (Å²) in [6, 6.07) is 11.7. The van der Waals surface area contributed by atoms with Gasteiger partial charge in [0.15, 0.2) is 11.6 Å². The van der Waals surface area contributed by atoms with E-state index in [2.05, 4.69) is 43.6 Å². The van der Waals surface area contributed by atoms with E-state index in [4.69, 9.17) is 0 Å². The fraction of sp³-hybridized carbons (Fsp3) is 0.367. The summed E-state index contributed by atoms with van der Waals surface area (Å²) in [5, 5.41) is 20.4. The van der Waals surface area contributed by atoms with E-state index in [-0.39, 0.29) is 33.7 Å². The molecule has 0 amide bonds. The van der Waals surface area contributed by atoms with Crippen molar-refractivity contribution in [3.8, 4) is 5.75 Å². The molecular weight excluding hydrogens is 534 g/mol. The number of halogens is 1. The van der Waals surface area contributed by atoms with Crippen LogP contribution in [0, 0.1) is 10.8 Å². The van der Waals surface area contributed by atoms with Crippen LogP contribution in [0.1, 0.15) is 75.2 Å². The zero-order valence-corrected chi connectivity index (χ0v) is 23.0. The number of carboxylic acid groups (broad SMARTS) is 1. The lowest BCUT2D eigenvalue weighted by atomic mass is 9.63. The number of carbonyl (C=O) groups excluding carboxylic acids is 2. The highest BCUT2D eigenvalue weighted by atomic mass is 79.9. The molecule has 0 bridgehead atoms. The Morgan fingerprint density at radius 3 is 1.84 bits per heavy atom. The van der Waals surface area contributed by atoms with Gasteiger partial charge in [-0.3, -0.25) is 9.59 Å². The summed E-state index contributed by atoms with van der Waals surface area (Å²) in [5.41, 5.74) is 3.51. The number of carbonyl (C=O) groups is 3. The third-order valence-corrected chi connectivity index (χ3v) is 8.29. The van der Waals surface area contributed by atoms with Crippen LogP contribution in [0.2, 0.25) is 0 Å². The molecule has 2 aromatic carbocycles. The Morgan fingerprint density at radius 1 is 0.865 bits per heavy atom. The van der Waals surface area contributed by atoms with E-state index in [1.807, 2.05) is 11.0 Å². The van der Waals surface area contributed by atoms with E-state index >= 15 is 0 Å². The molecule has 0 saturated heterocycles. The van der Waals surface area contributed by atoms with Crippen molar-refractivity contribution in [1.82, 2.24) is 0 Å². The number of ketones is 2. The van der Waals surface area contributed by atoms with Crippen molar-refractivity contribution in [1.29, 1.82) is 0 Å². The van der Waals surface area contributed by atoms with E-state index in [9.17, 15) is 24.6 Å². The number of Topliss-reactive ketones (excluding diaryl/α,β-unsaturated/α-hetero) is 2. The van der Waals surface area contributed by atoms with E-state index in [0.717, 1.165) is 17.1 Å². The molecule has 7 heteroatoms. The highest BCUT2D eigenvalue weighted by molar-refractivity contribution is 9.10. The second kappa shape index (κ2) is 8.69. The Bertz CT molecular complexity index is 1340. The molecule has 0 radical (unpaired) electrons. The number of aromatic hydroxyl groups is 1. The van der Waals surface area contributed by atoms with Crippen molar-refractivity contribution in [2.24, 2.45) is 10.8 Å². The first kappa shape index (κ1) is 25.5. The average molecular weight is 564 g/mol. The number of hydrogen-bond donors (Lipinski definition) is 2. The van der Waals surface area contributed by atoms with Crippen molar-refractivity contribution in [3.63, 3.8) is 0 Å². The zero-order chi connectivity index (χ0) is 26.9. The number of phenolic OH excluding ortho intramolecular Hbond substituents is 1. The van der Waals surface area contributed by atoms with Gasteiger partial charge in [0.05, 0.1) is 5.56 Å². The van der Waals surface area contributed by atoms with Gasteiger partial charge in [0, 0.05) is 57.0 Å². The van der Waals surface area contributed by atoms with Crippen LogP contribution < -0.4 is 4.90 Å². The van der Waals surface area contributed by atoms with Gasteiger partial charge in [0.1, 0.15) is 5.75 Å². The maximum Gasteiger partial charge on any atom is 0.335 e. The van der Waals surface area contributed by atoms with Crippen LogP contribution in [-0.4, -0.2) is 27.7 Å². The fourth-order valence-electron chi connectivity index (χ4n) is 6.13. The van der Waals surface area contributed by atoms with Gasteiger partial charge in [-0.15, -0.1) is 0 Å². The van der Waals surface area contributed by atoms with Crippen LogP contribution in [0.3, 0.4) is 0 Å². The number of benzene rings is 2. The van der Waals surface area contributed by atoms with Gasteiger partial charge in [0.25, 0.3) is 0 Å². The van der Waals surface area contributed by atoms with E-state index < -0.39 is 11.9 Å². The van der Waals surface area contributed by atoms with Crippen LogP contribution in [0.15, 0.2) is 69.5 Å². The molecular formula is C30H30BrNO5. The minimum atomic E-state index is -1.02. The van der Waals surface area contributed by atoms with Crippen molar-refractivity contribution in [3.05, 3.63) is 80.6 Å². The molecule has 2 aliphatic carbocycles. The van der Waals surface area contributed by atoms with Crippen LogP contribution >= 0.6 is 15.9 Å². The predicted octanol–water partition coefficient (Wildman–Crippen LogP) is 6.74. The summed E-state index contributed by atoms with van der Waals surface area (Å²) >= 11 is 3.59. The number of aromatic carboxylic acids is 1. The maximum atomic E-state index is 13.9. The molecule has 6 nitrogen and oxygen atoms in total. The molecule has 2 N–H and O–H groups in total. The number of phenols is 1. The third kappa shape index (κ3) is 4.33. The first-order valence-electron chi connectivity index (χ1n) is 12.4. The van der Waals surface area contributed by atoms with Crippen molar-refractivity contribution >= 4 is 39.2 Å². The van der Waals surface area contributed by atoms with Gasteiger partial charge in [-0.2, -0.15) is 0 Å². The van der Waals surface area contributed by atoms with E-state index in [1.165, 1.54) is 0 Å². The smallest absolute Gasteiger partial charge is 0.335 e. The fourth-order valence-corrected chi connectivity index (χ4v) is 6.71. The predicted molar refractivity (Wildman–Crippen MR) is 145 cm³/mol. The van der Waals surface area contributed by atoms with Gasteiger partial charge in [-0.1, -0.05) is 49.7 Å².